The van der Waals surface area contributed by atoms with Crippen LogP contribution in [0, 0.1) is 11.3 Å². The van der Waals surface area contributed by atoms with Crippen LogP contribution in [0.2, 0.25) is 0 Å². The number of carbonyl (C=O) groups is 1. The minimum atomic E-state index is -0.348. The Balaban J connectivity index is 2.18. The summed E-state index contributed by atoms with van der Waals surface area (Å²) < 4.78 is 0. The van der Waals surface area contributed by atoms with Gasteiger partial charge in [-0.05, 0) is 30.7 Å². The molecule has 3 nitrogen and oxygen atoms in total. The molecule has 0 amide bonds. The number of nitriles is 1. The second-order valence-electron chi connectivity index (χ2n) is 4.81. The molecule has 1 atom stereocenters. The number of Topliss-reactive ketones (excluding diaryl/α,β-unsaturated/α-hetero) is 1. The van der Waals surface area contributed by atoms with E-state index in [2.05, 4.69) is 18.0 Å². The van der Waals surface area contributed by atoms with Crippen molar-refractivity contribution in [3.05, 3.63) is 38.0 Å². The molecule has 0 N–H and O–H groups in total. The molecule has 2 aromatic heterocycles. The summed E-state index contributed by atoms with van der Waals surface area (Å²) in [6, 6.07) is 6.08. The van der Waals surface area contributed by atoms with Gasteiger partial charge >= 0.3 is 0 Å². The van der Waals surface area contributed by atoms with Crippen molar-refractivity contribution in [2.75, 3.05) is 0 Å². The first-order valence-corrected chi connectivity index (χ1v) is 8.83. The van der Waals surface area contributed by atoms with E-state index >= 15 is 0 Å². The van der Waals surface area contributed by atoms with Crippen molar-refractivity contribution in [3.63, 3.8) is 0 Å². The highest BCUT2D eigenvalue weighted by molar-refractivity contribution is 7.13. The van der Waals surface area contributed by atoms with Crippen molar-refractivity contribution in [1.82, 2.24) is 4.98 Å². The van der Waals surface area contributed by atoms with Crippen LogP contribution in [0.25, 0.3) is 0 Å². The van der Waals surface area contributed by atoms with Gasteiger partial charge in [0, 0.05) is 11.3 Å². The maximum absolute atomic E-state index is 12.5. The Hall–Kier alpha value is -1.51. The van der Waals surface area contributed by atoms with Crippen molar-refractivity contribution in [2.45, 2.75) is 45.4 Å². The largest absolute Gasteiger partial charge is 0.293 e. The van der Waals surface area contributed by atoms with E-state index in [1.807, 2.05) is 24.4 Å². The van der Waals surface area contributed by atoms with E-state index in [4.69, 9.17) is 0 Å². The molecule has 0 aliphatic carbocycles. The summed E-state index contributed by atoms with van der Waals surface area (Å²) in [4.78, 5) is 18.8. The molecular weight excluding hydrogens is 300 g/mol. The predicted molar refractivity (Wildman–Crippen MR) is 87.1 cm³/mol. The third-order valence-electron chi connectivity index (χ3n) is 3.23. The summed E-state index contributed by atoms with van der Waals surface area (Å²) in [5, 5.41) is 12.3. The quantitative estimate of drug-likeness (QED) is 0.701. The molecule has 0 spiro atoms. The maximum Gasteiger partial charge on any atom is 0.176 e. The van der Waals surface area contributed by atoms with E-state index in [0.717, 1.165) is 39.7 Å². The molecule has 2 heterocycles. The third kappa shape index (κ3) is 3.78. The molecule has 2 rings (SSSR count). The maximum atomic E-state index is 12.5. The fourth-order valence-electron chi connectivity index (χ4n) is 2.16. The van der Waals surface area contributed by atoms with Gasteiger partial charge in [-0.25, -0.2) is 4.98 Å². The topological polar surface area (TPSA) is 53.8 Å². The summed E-state index contributed by atoms with van der Waals surface area (Å²) in [7, 11) is 0. The van der Waals surface area contributed by atoms with Gasteiger partial charge in [-0.1, -0.05) is 19.9 Å². The third-order valence-corrected chi connectivity index (χ3v) is 5.41. The van der Waals surface area contributed by atoms with Gasteiger partial charge in [0.05, 0.1) is 27.6 Å². The van der Waals surface area contributed by atoms with Gasteiger partial charge < -0.3 is 0 Å². The van der Waals surface area contributed by atoms with Crippen LogP contribution in [-0.2, 0) is 12.8 Å². The highest BCUT2D eigenvalue weighted by atomic mass is 32.1. The summed E-state index contributed by atoms with van der Waals surface area (Å²) in [5.74, 6) is -0.300. The molecule has 5 heteroatoms. The van der Waals surface area contributed by atoms with Crippen LogP contribution in [0.3, 0.4) is 0 Å². The molecule has 0 aromatic carbocycles. The lowest BCUT2D eigenvalue weighted by molar-refractivity contribution is 0.0982. The molecule has 0 saturated heterocycles. The van der Waals surface area contributed by atoms with Crippen molar-refractivity contribution < 1.29 is 4.79 Å². The van der Waals surface area contributed by atoms with Gasteiger partial charge in [0.2, 0.25) is 0 Å². The number of rotatable bonds is 7. The highest BCUT2D eigenvalue weighted by Crippen LogP contribution is 2.28. The SMILES string of the molecule is CCCc1nc(CC)c(C(=O)CC(C#N)c2cccs2)s1. The average Bonchev–Trinajstić information content (AvgIpc) is 3.14. The van der Waals surface area contributed by atoms with Crippen LogP contribution in [0.15, 0.2) is 17.5 Å². The van der Waals surface area contributed by atoms with Crippen LogP contribution in [-0.4, -0.2) is 10.8 Å². The average molecular weight is 318 g/mol. The molecule has 0 aliphatic heterocycles. The van der Waals surface area contributed by atoms with E-state index in [1.165, 1.54) is 22.7 Å². The van der Waals surface area contributed by atoms with Gasteiger partial charge in [0.15, 0.2) is 5.78 Å². The molecule has 0 radical (unpaired) electrons. The van der Waals surface area contributed by atoms with Gasteiger partial charge in [0.1, 0.15) is 0 Å². The molecule has 0 fully saturated rings. The van der Waals surface area contributed by atoms with Gasteiger partial charge in [0.25, 0.3) is 0 Å². The number of thiophene rings is 1. The van der Waals surface area contributed by atoms with Crippen LogP contribution in [0.1, 0.15) is 57.9 Å². The van der Waals surface area contributed by atoms with E-state index in [0.29, 0.717) is 0 Å². The van der Waals surface area contributed by atoms with Gasteiger partial charge in [-0.15, -0.1) is 22.7 Å². The second kappa shape index (κ2) is 7.48. The fraction of sp³-hybridized carbons (Fsp3) is 0.438. The smallest absolute Gasteiger partial charge is 0.176 e. The number of hydrogen-bond acceptors (Lipinski definition) is 5. The number of carbonyl (C=O) groups excluding carboxylic acids is 1. The monoisotopic (exact) mass is 318 g/mol. The number of aryl methyl sites for hydroxylation is 2. The Kier molecular flexibility index (Phi) is 5.66. The first kappa shape index (κ1) is 15.9. The summed E-state index contributed by atoms with van der Waals surface area (Å²) in [5.41, 5.74) is 0.885. The lowest BCUT2D eigenvalue weighted by atomic mass is 10.0. The number of hydrogen-bond donors (Lipinski definition) is 0. The van der Waals surface area contributed by atoms with Crippen molar-refractivity contribution in [2.24, 2.45) is 0 Å². The summed E-state index contributed by atoms with van der Waals surface area (Å²) in [6.07, 6.45) is 2.95. The minimum absolute atomic E-state index is 0.0478. The Morgan fingerprint density at radius 1 is 1.48 bits per heavy atom. The molecule has 0 aliphatic rings. The molecule has 110 valence electrons. The van der Waals surface area contributed by atoms with E-state index < -0.39 is 0 Å². The Labute approximate surface area is 133 Å². The number of thiazole rings is 1. The molecule has 2 aromatic rings. The Morgan fingerprint density at radius 2 is 2.29 bits per heavy atom. The molecule has 1 unspecified atom stereocenters. The van der Waals surface area contributed by atoms with E-state index in [-0.39, 0.29) is 18.1 Å². The van der Waals surface area contributed by atoms with Crippen molar-refractivity contribution in [3.8, 4) is 6.07 Å². The van der Waals surface area contributed by atoms with Crippen LogP contribution in [0.4, 0.5) is 0 Å². The van der Waals surface area contributed by atoms with E-state index in [9.17, 15) is 10.1 Å². The van der Waals surface area contributed by atoms with Crippen molar-refractivity contribution in [1.29, 1.82) is 5.26 Å². The van der Waals surface area contributed by atoms with Crippen molar-refractivity contribution >= 4 is 28.5 Å². The first-order valence-electron chi connectivity index (χ1n) is 7.14. The second-order valence-corrected chi connectivity index (χ2v) is 6.87. The zero-order valence-electron chi connectivity index (χ0n) is 12.3. The molecule has 21 heavy (non-hydrogen) atoms. The predicted octanol–water partition coefficient (Wildman–Crippen LogP) is 4.60. The minimum Gasteiger partial charge on any atom is -0.293 e. The van der Waals surface area contributed by atoms with Gasteiger partial charge in [-0.2, -0.15) is 5.26 Å². The zero-order valence-corrected chi connectivity index (χ0v) is 13.9. The first-order chi connectivity index (χ1) is 10.2. The number of aromatic nitrogens is 1. The van der Waals surface area contributed by atoms with Crippen LogP contribution < -0.4 is 0 Å². The number of nitrogens with zero attached hydrogens (tertiary/aromatic N) is 2. The highest BCUT2D eigenvalue weighted by Gasteiger charge is 2.22. The molecule has 0 bridgehead atoms. The van der Waals surface area contributed by atoms with E-state index in [1.54, 1.807) is 0 Å². The standard InChI is InChI=1S/C16H18N2OS2/c1-3-6-15-18-12(4-2)16(21-15)13(19)9-11(10-17)14-7-5-8-20-14/h5,7-8,11H,3-4,6,9H2,1-2H3. The number of ketones is 1. The zero-order chi connectivity index (χ0) is 15.2. The molecule has 0 saturated carbocycles. The Bertz CT molecular complexity index is 638. The lowest BCUT2D eigenvalue weighted by Gasteiger charge is -2.05. The van der Waals surface area contributed by atoms with Crippen LogP contribution >= 0.6 is 22.7 Å². The van der Waals surface area contributed by atoms with Gasteiger partial charge in [-0.3, -0.25) is 4.79 Å². The summed E-state index contributed by atoms with van der Waals surface area (Å²) in [6.45, 7) is 4.12. The lowest BCUT2D eigenvalue weighted by Crippen LogP contribution is -2.06. The fourth-order valence-corrected chi connectivity index (χ4v) is 4.13. The Morgan fingerprint density at radius 3 is 2.86 bits per heavy atom. The van der Waals surface area contributed by atoms with Crippen LogP contribution in [0.5, 0.6) is 0 Å². The normalized spacial score (nSPS) is 12.0. The molecular formula is C16H18N2OS2. The summed E-state index contributed by atoms with van der Waals surface area (Å²) >= 11 is 3.03.